The van der Waals surface area contributed by atoms with E-state index in [2.05, 4.69) is 10.3 Å². The van der Waals surface area contributed by atoms with E-state index < -0.39 is 5.82 Å². The molecule has 2 rings (SSSR count). The molecule has 1 amide bonds. The maximum atomic E-state index is 13.4. The molecule has 0 radical (unpaired) electrons. The van der Waals surface area contributed by atoms with Crippen LogP contribution in [-0.2, 0) is 11.2 Å². The fraction of sp³-hybridized carbons (Fsp3) is 0.133. The lowest BCUT2D eigenvalue weighted by Crippen LogP contribution is -2.15. The van der Waals surface area contributed by atoms with Crippen LogP contribution in [0, 0.1) is 17.1 Å². The smallest absolute Gasteiger partial charge is 0.228 e. The number of halogens is 1. The average molecular weight is 285 g/mol. The lowest BCUT2D eigenvalue weighted by molar-refractivity contribution is -0.115. The van der Waals surface area contributed by atoms with Gasteiger partial charge in [0.05, 0.1) is 18.3 Å². The van der Waals surface area contributed by atoms with Crippen LogP contribution in [0.25, 0.3) is 0 Å². The number of ether oxygens (including phenoxy) is 1. The molecule has 1 N–H and O–H groups in total. The molecule has 0 aliphatic rings. The maximum Gasteiger partial charge on any atom is 0.228 e. The van der Waals surface area contributed by atoms with Crippen molar-refractivity contribution in [3.8, 4) is 11.8 Å². The largest absolute Gasteiger partial charge is 0.479 e. The van der Waals surface area contributed by atoms with Gasteiger partial charge in [-0.05, 0) is 23.8 Å². The van der Waals surface area contributed by atoms with E-state index >= 15 is 0 Å². The van der Waals surface area contributed by atoms with E-state index in [1.54, 1.807) is 24.3 Å². The summed E-state index contributed by atoms with van der Waals surface area (Å²) >= 11 is 0. The Kier molecular flexibility index (Phi) is 4.83. The number of anilines is 1. The molecule has 0 saturated carbocycles. The van der Waals surface area contributed by atoms with Crippen molar-refractivity contribution >= 4 is 11.6 Å². The fourth-order valence-electron chi connectivity index (χ4n) is 1.72. The number of hydrogen-bond acceptors (Lipinski definition) is 4. The summed E-state index contributed by atoms with van der Waals surface area (Å²) in [6, 6.07) is 10.1. The number of rotatable bonds is 5. The number of nitrogens with zero attached hydrogens (tertiary/aromatic N) is 2. The minimum absolute atomic E-state index is 0.0577. The van der Waals surface area contributed by atoms with Crippen molar-refractivity contribution in [2.75, 3.05) is 11.9 Å². The number of aromatic nitrogens is 1. The van der Waals surface area contributed by atoms with Gasteiger partial charge in [0.15, 0.2) is 12.4 Å². The fourth-order valence-corrected chi connectivity index (χ4v) is 1.72. The zero-order chi connectivity index (χ0) is 15.1. The van der Waals surface area contributed by atoms with Gasteiger partial charge in [-0.3, -0.25) is 9.78 Å². The zero-order valence-corrected chi connectivity index (χ0v) is 11.0. The van der Waals surface area contributed by atoms with Crippen LogP contribution in [0.5, 0.6) is 5.75 Å². The molecule has 1 aromatic carbocycles. The number of nitrogens with one attached hydrogen (secondary N) is 1. The summed E-state index contributed by atoms with van der Waals surface area (Å²) in [7, 11) is 0. The third-order valence-corrected chi connectivity index (χ3v) is 2.61. The van der Waals surface area contributed by atoms with Gasteiger partial charge in [-0.2, -0.15) is 5.26 Å². The Balaban J connectivity index is 2.00. The van der Waals surface area contributed by atoms with Gasteiger partial charge in [0, 0.05) is 6.20 Å². The van der Waals surface area contributed by atoms with Crippen molar-refractivity contribution in [3.05, 3.63) is 54.1 Å². The van der Waals surface area contributed by atoms with Crippen LogP contribution < -0.4 is 10.1 Å². The van der Waals surface area contributed by atoms with Gasteiger partial charge >= 0.3 is 0 Å². The lowest BCUT2D eigenvalue weighted by atomic mass is 10.1. The van der Waals surface area contributed by atoms with Crippen LogP contribution in [0.3, 0.4) is 0 Å². The Labute approximate surface area is 121 Å². The van der Waals surface area contributed by atoms with E-state index in [9.17, 15) is 9.18 Å². The first-order valence-electron chi connectivity index (χ1n) is 6.17. The third-order valence-electron chi connectivity index (χ3n) is 2.61. The maximum absolute atomic E-state index is 13.4. The molecule has 21 heavy (non-hydrogen) atoms. The van der Waals surface area contributed by atoms with Crippen molar-refractivity contribution in [1.29, 1.82) is 5.26 Å². The number of pyridine rings is 1. The second kappa shape index (κ2) is 7.01. The normalized spacial score (nSPS) is 9.71. The Bertz CT molecular complexity index is 683. The number of nitriles is 1. The summed E-state index contributed by atoms with van der Waals surface area (Å²) in [5, 5.41) is 10.9. The van der Waals surface area contributed by atoms with Crippen LogP contribution in [0.2, 0.25) is 0 Å². The van der Waals surface area contributed by atoms with Gasteiger partial charge in [0.1, 0.15) is 11.8 Å². The van der Waals surface area contributed by atoms with Crippen molar-refractivity contribution in [2.45, 2.75) is 6.42 Å². The van der Waals surface area contributed by atoms with Gasteiger partial charge in [-0.15, -0.1) is 0 Å². The molecule has 0 aliphatic heterocycles. The molecule has 5 nitrogen and oxygen atoms in total. The van der Waals surface area contributed by atoms with Crippen molar-refractivity contribution in [3.63, 3.8) is 0 Å². The monoisotopic (exact) mass is 285 g/mol. The Morgan fingerprint density at radius 3 is 3.05 bits per heavy atom. The molecule has 0 spiro atoms. The van der Waals surface area contributed by atoms with Crippen molar-refractivity contribution < 1.29 is 13.9 Å². The molecule has 0 atom stereocenters. The molecule has 6 heteroatoms. The highest BCUT2D eigenvalue weighted by molar-refractivity contribution is 5.92. The quantitative estimate of drug-likeness (QED) is 0.914. The number of benzene rings is 1. The van der Waals surface area contributed by atoms with E-state index in [1.165, 1.54) is 12.3 Å². The predicted octanol–water partition coefficient (Wildman–Crippen LogP) is 2.30. The van der Waals surface area contributed by atoms with Gasteiger partial charge in [-0.25, -0.2) is 4.39 Å². The molecule has 0 saturated heterocycles. The molecular formula is C15H12FN3O2. The van der Waals surface area contributed by atoms with Crippen LogP contribution in [0.1, 0.15) is 5.56 Å². The first-order valence-corrected chi connectivity index (χ1v) is 6.17. The van der Waals surface area contributed by atoms with E-state index in [4.69, 9.17) is 10.00 Å². The van der Waals surface area contributed by atoms with Crippen molar-refractivity contribution in [1.82, 2.24) is 4.98 Å². The second-order valence-corrected chi connectivity index (χ2v) is 4.17. The minimum Gasteiger partial charge on any atom is -0.479 e. The molecule has 2 aromatic rings. The summed E-state index contributed by atoms with van der Waals surface area (Å²) in [6.45, 7) is -0.0577. The molecule has 0 bridgehead atoms. The summed E-state index contributed by atoms with van der Waals surface area (Å²) in [5.41, 5.74) is 0.796. The number of carbonyl (C=O) groups is 1. The highest BCUT2D eigenvalue weighted by atomic mass is 19.1. The van der Waals surface area contributed by atoms with E-state index in [1.807, 2.05) is 6.07 Å². The molecule has 0 unspecified atom stereocenters. The van der Waals surface area contributed by atoms with Gasteiger partial charge in [0.25, 0.3) is 0 Å². The van der Waals surface area contributed by atoms with Gasteiger partial charge < -0.3 is 10.1 Å². The summed E-state index contributed by atoms with van der Waals surface area (Å²) in [4.78, 5) is 15.5. The Morgan fingerprint density at radius 2 is 2.29 bits per heavy atom. The predicted molar refractivity (Wildman–Crippen MR) is 74.1 cm³/mol. The topological polar surface area (TPSA) is 75.0 Å². The van der Waals surface area contributed by atoms with Crippen LogP contribution in [0.15, 0.2) is 42.7 Å². The van der Waals surface area contributed by atoms with E-state index in [-0.39, 0.29) is 24.6 Å². The molecule has 0 aliphatic carbocycles. The Hall–Kier alpha value is -2.94. The molecule has 1 heterocycles. The molecule has 1 aromatic heterocycles. The third kappa shape index (κ3) is 4.28. The number of carbonyl (C=O) groups excluding carboxylic acids is 1. The van der Waals surface area contributed by atoms with Gasteiger partial charge in [-0.1, -0.05) is 12.1 Å². The molecule has 0 fully saturated rings. The average Bonchev–Trinajstić information content (AvgIpc) is 2.48. The van der Waals surface area contributed by atoms with E-state index in [0.29, 0.717) is 11.3 Å². The number of hydrogen-bond donors (Lipinski definition) is 1. The van der Waals surface area contributed by atoms with Crippen LogP contribution >= 0.6 is 0 Å². The second-order valence-electron chi connectivity index (χ2n) is 4.17. The minimum atomic E-state index is -0.586. The highest BCUT2D eigenvalue weighted by Crippen LogP contribution is 2.15. The highest BCUT2D eigenvalue weighted by Gasteiger charge is 2.08. The summed E-state index contributed by atoms with van der Waals surface area (Å²) in [5.74, 6) is -0.425. The number of amides is 1. The van der Waals surface area contributed by atoms with Gasteiger partial charge in [0.2, 0.25) is 5.91 Å². The first kappa shape index (κ1) is 14.5. The van der Waals surface area contributed by atoms with Crippen LogP contribution in [-0.4, -0.2) is 17.5 Å². The summed E-state index contributed by atoms with van der Waals surface area (Å²) < 4.78 is 18.5. The standard InChI is InChI=1S/C15H12FN3O2/c16-13-10-18-6-4-14(13)19-15(20)9-11-2-1-3-12(8-11)21-7-5-17/h1-4,6,8,10H,7,9H2,(H,18,19,20). The van der Waals surface area contributed by atoms with E-state index in [0.717, 1.165) is 6.20 Å². The molecular weight excluding hydrogens is 273 g/mol. The SMILES string of the molecule is N#CCOc1cccc(CC(=O)Nc2ccncc2F)c1. The van der Waals surface area contributed by atoms with Crippen molar-refractivity contribution in [2.24, 2.45) is 0 Å². The summed E-state index contributed by atoms with van der Waals surface area (Å²) in [6.07, 6.45) is 2.51. The first-order chi connectivity index (χ1) is 10.2. The lowest BCUT2D eigenvalue weighted by Gasteiger charge is -2.07. The van der Waals surface area contributed by atoms with Crippen LogP contribution in [0.4, 0.5) is 10.1 Å². The zero-order valence-electron chi connectivity index (χ0n) is 11.0. The Morgan fingerprint density at radius 1 is 1.43 bits per heavy atom. The molecule has 106 valence electrons.